The van der Waals surface area contributed by atoms with E-state index >= 15 is 0 Å². The Morgan fingerprint density at radius 2 is 2.20 bits per heavy atom. The molecule has 1 aromatic heterocycles. The lowest BCUT2D eigenvalue weighted by Gasteiger charge is -2.17. The standard InChI is InChI=1S/C16H20BrNOS/c1-3-18-15(16-14(17)8-10-20-16)7-9-19-13-6-4-5-12(2)11-13/h4-6,8,10-11,15,18H,3,7,9H2,1-2H3. The van der Waals surface area contributed by atoms with Gasteiger partial charge in [-0.3, -0.25) is 0 Å². The Labute approximate surface area is 133 Å². The van der Waals surface area contributed by atoms with Crippen molar-refractivity contribution in [2.75, 3.05) is 13.2 Å². The number of thiophene rings is 1. The molecular weight excluding hydrogens is 334 g/mol. The molecule has 0 bridgehead atoms. The number of hydrogen-bond acceptors (Lipinski definition) is 3. The minimum absolute atomic E-state index is 0.346. The fourth-order valence-corrected chi connectivity index (χ4v) is 3.89. The molecule has 0 saturated carbocycles. The first kappa shape index (κ1) is 15.5. The van der Waals surface area contributed by atoms with Crippen LogP contribution in [-0.2, 0) is 0 Å². The smallest absolute Gasteiger partial charge is 0.119 e. The molecule has 2 rings (SSSR count). The van der Waals surface area contributed by atoms with Gasteiger partial charge >= 0.3 is 0 Å². The molecule has 0 fully saturated rings. The van der Waals surface area contributed by atoms with Crippen LogP contribution in [0.15, 0.2) is 40.2 Å². The second-order valence-corrected chi connectivity index (χ2v) is 6.50. The molecule has 1 unspecified atom stereocenters. The lowest BCUT2D eigenvalue weighted by atomic mass is 10.2. The van der Waals surface area contributed by atoms with E-state index in [4.69, 9.17) is 4.74 Å². The van der Waals surface area contributed by atoms with Crippen molar-refractivity contribution >= 4 is 27.3 Å². The fourth-order valence-electron chi connectivity index (χ4n) is 2.13. The third-order valence-electron chi connectivity index (χ3n) is 3.08. The molecule has 0 amide bonds. The number of halogens is 1. The first-order valence-corrected chi connectivity index (χ1v) is 8.53. The van der Waals surface area contributed by atoms with Crippen LogP contribution in [0.25, 0.3) is 0 Å². The van der Waals surface area contributed by atoms with Gasteiger partial charge in [0.2, 0.25) is 0 Å². The largest absolute Gasteiger partial charge is 0.494 e. The van der Waals surface area contributed by atoms with Gasteiger partial charge in [-0.05, 0) is 58.5 Å². The number of aryl methyl sites for hydroxylation is 1. The molecule has 1 heterocycles. The van der Waals surface area contributed by atoms with Gasteiger partial charge in [0.05, 0.1) is 6.61 Å². The Balaban J connectivity index is 1.91. The molecule has 108 valence electrons. The van der Waals surface area contributed by atoms with Crippen LogP contribution in [0.2, 0.25) is 0 Å². The summed E-state index contributed by atoms with van der Waals surface area (Å²) in [5.41, 5.74) is 1.23. The zero-order valence-electron chi connectivity index (χ0n) is 11.9. The topological polar surface area (TPSA) is 21.3 Å². The van der Waals surface area contributed by atoms with E-state index in [2.05, 4.69) is 58.7 Å². The predicted molar refractivity (Wildman–Crippen MR) is 89.7 cm³/mol. The summed E-state index contributed by atoms with van der Waals surface area (Å²) in [4.78, 5) is 1.35. The van der Waals surface area contributed by atoms with Gasteiger partial charge in [-0.2, -0.15) is 0 Å². The molecule has 0 aliphatic heterocycles. The molecule has 1 aromatic carbocycles. The van der Waals surface area contributed by atoms with Crippen LogP contribution in [0.3, 0.4) is 0 Å². The molecule has 0 aliphatic carbocycles. The third kappa shape index (κ3) is 4.33. The Morgan fingerprint density at radius 3 is 2.85 bits per heavy atom. The second-order valence-electron chi connectivity index (χ2n) is 4.70. The summed E-state index contributed by atoms with van der Waals surface area (Å²) in [7, 11) is 0. The second kappa shape index (κ2) is 7.81. The number of nitrogens with one attached hydrogen (secondary N) is 1. The van der Waals surface area contributed by atoms with E-state index in [9.17, 15) is 0 Å². The van der Waals surface area contributed by atoms with Gasteiger partial charge in [-0.1, -0.05) is 19.1 Å². The van der Waals surface area contributed by atoms with Crippen molar-refractivity contribution in [3.05, 3.63) is 50.6 Å². The van der Waals surface area contributed by atoms with Crippen LogP contribution in [0, 0.1) is 6.92 Å². The molecule has 20 heavy (non-hydrogen) atoms. The molecule has 0 aliphatic rings. The normalized spacial score (nSPS) is 12.3. The van der Waals surface area contributed by atoms with Crippen LogP contribution in [0.1, 0.15) is 29.8 Å². The average Bonchev–Trinajstić information content (AvgIpc) is 2.84. The highest BCUT2D eigenvalue weighted by atomic mass is 79.9. The van der Waals surface area contributed by atoms with Crippen molar-refractivity contribution in [3.63, 3.8) is 0 Å². The van der Waals surface area contributed by atoms with Gasteiger partial charge in [0.1, 0.15) is 5.75 Å². The van der Waals surface area contributed by atoms with Crippen LogP contribution in [0.4, 0.5) is 0 Å². The molecule has 2 aromatic rings. The highest BCUT2D eigenvalue weighted by molar-refractivity contribution is 9.10. The Hall–Kier alpha value is -0.840. The maximum atomic E-state index is 5.85. The number of hydrogen-bond donors (Lipinski definition) is 1. The molecule has 4 heteroatoms. The lowest BCUT2D eigenvalue weighted by Crippen LogP contribution is -2.22. The first-order valence-electron chi connectivity index (χ1n) is 6.86. The number of benzene rings is 1. The molecule has 0 saturated heterocycles. The van der Waals surface area contributed by atoms with E-state index in [1.807, 2.05) is 12.1 Å². The maximum Gasteiger partial charge on any atom is 0.119 e. The highest BCUT2D eigenvalue weighted by Crippen LogP contribution is 2.31. The molecule has 0 radical (unpaired) electrons. The quantitative estimate of drug-likeness (QED) is 0.761. The zero-order valence-corrected chi connectivity index (χ0v) is 14.3. The van der Waals surface area contributed by atoms with Crippen LogP contribution < -0.4 is 10.1 Å². The summed E-state index contributed by atoms with van der Waals surface area (Å²) in [5, 5.41) is 5.64. The van der Waals surface area contributed by atoms with E-state index in [0.29, 0.717) is 12.6 Å². The van der Waals surface area contributed by atoms with Crippen molar-refractivity contribution in [1.29, 1.82) is 0 Å². The molecular formula is C16H20BrNOS. The van der Waals surface area contributed by atoms with Crippen molar-refractivity contribution < 1.29 is 4.74 Å². The zero-order chi connectivity index (χ0) is 14.4. The van der Waals surface area contributed by atoms with Crippen LogP contribution in [0.5, 0.6) is 5.75 Å². The fraction of sp³-hybridized carbons (Fsp3) is 0.375. The van der Waals surface area contributed by atoms with Gasteiger partial charge in [-0.25, -0.2) is 0 Å². The summed E-state index contributed by atoms with van der Waals surface area (Å²) in [5.74, 6) is 0.950. The lowest BCUT2D eigenvalue weighted by molar-refractivity contribution is 0.288. The summed E-state index contributed by atoms with van der Waals surface area (Å²) in [6.45, 7) is 5.89. The molecule has 2 nitrogen and oxygen atoms in total. The number of rotatable bonds is 7. The van der Waals surface area contributed by atoms with E-state index in [0.717, 1.165) is 18.7 Å². The molecule has 0 spiro atoms. The minimum atomic E-state index is 0.346. The van der Waals surface area contributed by atoms with Crippen LogP contribution in [-0.4, -0.2) is 13.2 Å². The van der Waals surface area contributed by atoms with Crippen molar-refractivity contribution in [2.45, 2.75) is 26.3 Å². The first-order chi connectivity index (χ1) is 9.70. The summed E-state index contributed by atoms with van der Waals surface area (Å²) in [6, 6.07) is 10.6. The van der Waals surface area contributed by atoms with Gasteiger partial charge in [0.15, 0.2) is 0 Å². The monoisotopic (exact) mass is 353 g/mol. The van der Waals surface area contributed by atoms with Crippen molar-refractivity contribution in [3.8, 4) is 5.75 Å². The van der Waals surface area contributed by atoms with Crippen LogP contribution >= 0.6 is 27.3 Å². The van der Waals surface area contributed by atoms with E-state index in [-0.39, 0.29) is 0 Å². The molecule has 1 N–H and O–H groups in total. The van der Waals surface area contributed by atoms with Gasteiger partial charge in [0.25, 0.3) is 0 Å². The Kier molecular flexibility index (Phi) is 6.07. The Morgan fingerprint density at radius 1 is 1.35 bits per heavy atom. The maximum absolute atomic E-state index is 5.85. The van der Waals surface area contributed by atoms with Gasteiger partial charge < -0.3 is 10.1 Å². The SMILES string of the molecule is CCNC(CCOc1cccc(C)c1)c1sccc1Br. The minimum Gasteiger partial charge on any atom is -0.494 e. The number of ether oxygens (including phenoxy) is 1. The van der Waals surface area contributed by atoms with E-state index in [1.54, 1.807) is 11.3 Å². The summed E-state index contributed by atoms with van der Waals surface area (Å²) in [6.07, 6.45) is 0.959. The van der Waals surface area contributed by atoms with E-state index in [1.165, 1.54) is 14.9 Å². The molecule has 1 atom stereocenters. The third-order valence-corrected chi connectivity index (χ3v) is 5.06. The van der Waals surface area contributed by atoms with Gasteiger partial charge in [-0.15, -0.1) is 11.3 Å². The van der Waals surface area contributed by atoms with E-state index < -0.39 is 0 Å². The van der Waals surface area contributed by atoms with Crippen molar-refractivity contribution in [2.24, 2.45) is 0 Å². The summed E-state index contributed by atoms with van der Waals surface area (Å²) < 4.78 is 7.04. The average molecular weight is 354 g/mol. The highest BCUT2D eigenvalue weighted by Gasteiger charge is 2.14. The predicted octanol–water partition coefficient (Wildman–Crippen LogP) is 4.94. The van der Waals surface area contributed by atoms with Crippen molar-refractivity contribution in [1.82, 2.24) is 5.32 Å². The summed E-state index contributed by atoms with van der Waals surface area (Å²) >= 11 is 5.39. The van der Waals surface area contributed by atoms with Gasteiger partial charge in [0, 0.05) is 21.8 Å². The Bertz CT molecular complexity index is 541.